The van der Waals surface area contributed by atoms with Crippen molar-refractivity contribution >= 4 is 21.9 Å². The molecule has 0 saturated heterocycles. The summed E-state index contributed by atoms with van der Waals surface area (Å²) in [6.07, 6.45) is 0.828. The smallest absolute Gasteiger partial charge is 0.309 e. The maximum atomic E-state index is 11.3. The van der Waals surface area contributed by atoms with E-state index in [1.807, 2.05) is 27.7 Å². The van der Waals surface area contributed by atoms with Gasteiger partial charge in [0.25, 0.3) is 0 Å². The van der Waals surface area contributed by atoms with Gasteiger partial charge in [0.05, 0.1) is 5.92 Å². The quantitative estimate of drug-likeness (QED) is 0.557. The van der Waals surface area contributed by atoms with Crippen LogP contribution in [0.25, 0.3) is 0 Å². The molecule has 0 rings (SSSR count). The van der Waals surface area contributed by atoms with E-state index in [0.717, 1.165) is 11.8 Å². The standard InChI is InChI=1S/C9H17BrO2/c1-7(5-6-10)8(11)12-9(2,3)4/h7H,5-6H2,1-4H3. The number of rotatable bonds is 3. The van der Waals surface area contributed by atoms with Crippen LogP contribution in [-0.2, 0) is 9.53 Å². The van der Waals surface area contributed by atoms with Crippen molar-refractivity contribution in [3.63, 3.8) is 0 Å². The Morgan fingerprint density at radius 3 is 2.33 bits per heavy atom. The van der Waals surface area contributed by atoms with Gasteiger partial charge in [-0.1, -0.05) is 22.9 Å². The fourth-order valence-electron chi connectivity index (χ4n) is 0.684. The third-order valence-electron chi connectivity index (χ3n) is 1.35. The zero-order valence-corrected chi connectivity index (χ0v) is 9.77. The number of halogens is 1. The average Bonchev–Trinajstić information content (AvgIpc) is 1.84. The van der Waals surface area contributed by atoms with E-state index in [1.165, 1.54) is 0 Å². The Labute approximate surface area is 82.8 Å². The Kier molecular flexibility index (Phi) is 4.83. The lowest BCUT2D eigenvalue weighted by Gasteiger charge is -2.21. The first-order valence-electron chi connectivity index (χ1n) is 4.15. The molecule has 2 nitrogen and oxygen atoms in total. The maximum absolute atomic E-state index is 11.3. The second-order valence-electron chi connectivity index (χ2n) is 3.91. The monoisotopic (exact) mass is 236 g/mol. The van der Waals surface area contributed by atoms with Crippen molar-refractivity contribution in [1.82, 2.24) is 0 Å². The highest BCUT2D eigenvalue weighted by molar-refractivity contribution is 9.09. The van der Waals surface area contributed by atoms with Crippen LogP contribution in [-0.4, -0.2) is 16.9 Å². The van der Waals surface area contributed by atoms with Gasteiger partial charge in [-0.05, 0) is 27.2 Å². The number of esters is 1. The summed E-state index contributed by atoms with van der Waals surface area (Å²) in [6, 6.07) is 0. The van der Waals surface area contributed by atoms with E-state index in [-0.39, 0.29) is 17.5 Å². The summed E-state index contributed by atoms with van der Waals surface area (Å²) in [5.74, 6) is -0.120. The van der Waals surface area contributed by atoms with Gasteiger partial charge in [0.15, 0.2) is 0 Å². The molecule has 0 N–H and O–H groups in total. The van der Waals surface area contributed by atoms with Crippen molar-refractivity contribution in [2.24, 2.45) is 5.92 Å². The summed E-state index contributed by atoms with van der Waals surface area (Å²) in [5, 5.41) is 0.841. The van der Waals surface area contributed by atoms with Crippen LogP contribution in [0.4, 0.5) is 0 Å². The lowest BCUT2D eigenvalue weighted by Crippen LogP contribution is -2.27. The van der Waals surface area contributed by atoms with Crippen LogP contribution in [0.5, 0.6) is 0 Å². The third kappa shape index (κ3) is 5.58. The Morgan fingerprint density at radius 1 is 1.50 bits per heavy atom. The molecule has 0 spiro atoms. The van der Waals surface area contributed by atoms with Crippen LogP contribution in [0.2, 0.25) is 0 Å². The van der Waals surface area contributed by atoms with Crippen LogP contribution in [0.1, 0.15) is 34.1 Å². The minimum Gasteiger partial charge on any atom is -0.460 e. The molecule has 0 amide bonds. The second-order valence-corrected chi connectivity index (χ2v) is 4.71. The van der Waals surface area contributed by atoms with E-state index in [1.54, 1.807) is 0 Å². The number of hydrogen-bond donors (Lipinski definition) is 0. The second kappa shape index (κ2) is 4.85. The first kappa shape index (κ1) is 11.9. The van der Waals surface area contributed by atoms with Gasteiger partial charge in [-0.3, -0.25) is 4.79 Å². The molecular weight excluding hydrogens is 220 g/mol. The van der Waals surface area contributed by atoms with Crippen molar-refractivity contribution in [2.45, 2.75) is 39.7 Å². The Morgan fingerprint density at radius 2 is 2.00 bits per heavy atom. The number of carbonyl (C=O) groups is 1. The van der Waals surface area contributed by atoms with Gasteiger partial charge in [-0.2, -0.15) is 0 Å². The molecule has 1 unspecified atom stereocenters. The van der Waals surface area contributed by atoms with Gasteiger partial charge < -0.3 is 4.74 Å². The van der Waals surface area contributed by atoms with Gasteiger partial charge in [-0.25, -0.2) is 0 Å². The Balaban J connectivity index is 3.87. The summed E-state index contributed by atoms with van der Waals surface area (Å²) in [4.78, 5) is 11.3. The lowest BCUT2D eigenvalue weighted by atomic mass is 10.1. The molecule has 1 atom stereocenters. The molecule has 12 heavy (non-hydrogen) atoms. The molecule has 0 saturated carbocycles. The summed E-state index contributed by atoms with van der Waals surface area (Å²) < 4.78 is 5.19. The highest BCUT2D eigenvalue weighted by atomic mass is 79.9. The maximum Gasteiger partial charge on any atom is 0.309 e. The fraction of sp³-hybridized carbons (Fsp3) is 0.889. The Bertz CT molecular complexity index is 149. The molecule has 0 aliphatic rings. The predicted molar refractivity (Wildman–Crippen MR) is 53.4 cm³/mol. The summed E-state index contributed by atoms with van der Waals surface area (Å²) in [5.41, 5.74) is -0.363. The summed E-state index contributed by atoms with van der Waals surface area (Å²) in [7, 11) is 0. The Hall–Kier alpha value is -0.0500. The van der Waals surface area contributed by atoms with Crippen molar-refractivity contribution in [2.75, 3.05) is 5.33 Å². The van der Waals surface area contributed by atoms with Gasteiger partial charge >= 0.3 is 5.97 Å². The lowest BCUT2D eigenvalue weighted by molar-refractivity contribution is -0.159. The van der Waals surface area contributed by atoms with E-state index in [0.29, 0.717) is 0 Å². The fourth-order valence-corrected chi connectivity index (χ4v) is 1.37. The molecule has 0 aromatic rings. The van der Waals surface area contributed by atoms with Gasteiger partial charge in [0.1, 0.15) is 5.60 Å². The van der Waals surface area contributed by atoms with Crippen LogP contribution in [0.15, 0.2) is 0 Å². The van der Waals surface area contributed by atoms with E-state index in [4.69, 9.17) is 4.74 Å². The number of hydrogen-bond acceptors (Lipinski definition) is 2. The minimum atomic E-state index is -0.363. The molecule has 3 heteroatoms. The van der Waals surface area contributed by atoms with Crippen molar-refractivity contribution in [3.8, 4) is 0 Å². The molecular formula is C9H17BrO2. The summed E-state index contributed by atoms with van der Waals surface area (Å²) >= 11 is 3.29. The first-order chi connectivity index (χ1) is 5.37. The highest BCUT2D eigenvalue weighted by Gasteiger charge is 2.20. The number of ether oxygens (including phenoxy) is 1. The van der Waals surface area contributed by atoms with E-state index >= 15 is 0 Å². The first-order valence-corrected chi connectivity index (χ1v) is 5.28. The van der Waals surface area contributed by atoms with Gasteiger partial charge in [0.2, 0.25) is 0 Å². The van der Waals surface area contributed by atoms with Crippen molar-refractivity contribution in [1.29, 1.82) is 0 Å². The van der Waals surface area contributed by atoms with E-state index in [2.05, 4.69) is 15.9 Å². The van der Waals surface area contributed by atoms with E-state index in [9.17, 15) is 4.79 Å². The predicted octanol–water partition coefficient (Wildman–Crippen LogP) is 2.75. The zero-order chi connectivity index (χ0) is 9.78. The molecule has 0 bridgehead atoms. The molecule has 0 heterocycles. The average molecular weight is 237 g/mol. The molecule has 0 aliphatic carbocycles. The number of carbonyl (C=O) groups excluding carboxylic acids is 1. The normalized spacial score (nSPS) is 14.1. The van der Waals surface area contributed by atoms with Crippen LogP contribution >= 0.6 is 15.9 Å². The molecule has 72 valence electrons. The minimum absolute atomic E-state index is 0.0106. The molecule has 0 aromatic carbocycles. The number of alkyl halides is 1. The molecule has 0 fully saturated rings. The molecule has 0 aliphatic heterocycles. The van der Waals surface area contributed by atoms with Gasteiger partial charge in [0, 0.05) is 5.33 Å². The molecule has 0 aromatic heterocycles. The van der Waals surface area contributed by atoms with Crippen molar-refractivity contribution in [3.05, 3.63) is 0 Å². The van der Waals surface area contributed by atoms with Crippen LogP contribution in [0.3, 0.4) is 0 Å². The SMILES string of the molecule is CC(CCBr)C(=O)OC(C)(C)C. The molecule has 0 radical (unpaired) electrons. The van der Waals surface area contributed by atoms with Crippen LogP contribution < -0.4 is 0 Å². The zero-order valence-electron chi connectivity index (χ0n) is 8.19. The largest absolute Gasteiger partial charge is 0.460 e. The van der Waals surface area contributed by atoms with E-state index < -0.39 is 0 Å². The third-order valence-corrected chi connectivity index (χ3v) is 1.81. The summed E-state index contributed by atoms with van der Waals surface area (Å²) in [6.45, 7) is 7.53. The van der Waals surface area contributed by atoms with Crippen LogP contribution in [0, 0.1) is 5.92 Å². The van der Waals surface area contributed by atoms with Crippen molar-refractivity contribution < 1.29 is 9.53 Å². The van der Waals surface area contributed by atoms with Gasteiger partial charge in [-0.15, -0.1) is 0 Å². The topological polar surface area (TPSA) is 26.3 Å². The highest BCUT2D eigenvalue weighted by Crippen LogP contribution is 2.13.